The fourth-order valence-electron chi connectivity index (χ4n) is 3.52. The van der Waals surface area contributed by atoms with Crippen LogP contribution in [0, 0.1) is 5.82 Å². The fraction of sp³-hybridized carbons (Fsp3) is 0.190. The number of nitrogens with one attached hydrogen (secondary N) is 3. The van der Waals surface area contributed by atoms with Crippen LogP contribution in [0.1, 0.15) is 29.9 Å². The average Bonchev–Trinajstić information content (AvgIpc) is 2.69. The highest BCUT2D eigenvalue weighted by atomic mass is 79.9. The molecule has 2 aliphatic heterocycles. The SMILES string of the molecule is O=C1C[C@@H](c2ccc(F)cc2)C(C(=O)Nc2cc3c(cc2Br)CCC(=O)N3)=CN1. The van der Waals surface area contributed by atoms with Gasteiger partial charge in [0.2, 0.25) is 11.8 Å². The van der Waals surface area contributed by atoms with Crippen LogP contribution in [0.2, 0.25) is 0 Å². The van der Waals surface area contributed by atoms with Crippen LogP contribution < -0.4 is 16.0 Å². The highest BCUT2D eigenvalue weighted by molar-refractivity contribution is 9.10. The Morgan fingerprint density at radius 1 is 1.10 bits per heavy atom. The second kappa shape index (κ2) is 7.79. The fourth-order valence-corrected chi connectivity index (χ4v) is 4.01. The van der Waals surface area contributed by atoms with Crippen LogP contribution >= 0.6 is 15.9 Å². The first-order valence-electron chi connectivity index (χ1n) is 9.09. The van der Waals surface area contributed by atoms with Gasteiger partial charge in [-0.15, -0.1) is 0 Å². The van der Waals surface area contributed by atoms with E-state index in [2.05, 4.69) is 31.9 Å². The molecule has 0 aliphatic carbocycles. The summed E-state index contributed by atoms with van der Waals surface area (Å²) in [6, 6.07) is 9.34. The Bertz CT molecular complexity index is 1050. The summed E-state index contributed by atoms with van der Waals surface area (Å²) in [5, 5.41) is 8.22. The van der Waals surface area contributed by atoms with Crippen molar-refractivity contribution in [2.75, 3.05) is 10.6 Å². The van der Waals surface area contributed by atoms with E-state index < -0.39 is 5.92 Å². The molecule has 1 atom stereocenters. The van der Waals surface area contributed by atoms with Crippen molar-refractivity contribution < 1.29 is 18.8 Å². The predicted molar refractivity (Wildman–Crippen MR) is 110 cm³/mol. The first-order valence-corrected chi connectivity index (χ1v) is 9.88. The Hall–Kier alpha value is -3.00. The summed E-state index contributed by atoms with van der Waals surface area (Å²) >= 11 is 3.46. The smallest absolute Gasteiger partial charge is 0.253 e. The van der Waals surface area contributed by atoms with Gasteiger partial charge >= 0.3 is 0 Å². The Kier molecular flexibility index (Phi) is 5.19. The second-order valence-corrected chi connectivity index (χ2v) is 7.82. The van der Waals surface area contributed by atoms with Gasteiger partial charge in [-0.1, -0.05) is 12.1 Å². The first-order chi connectivity index (χ1) is 13.9. The lowest BCUT2D eigenvalue weighted by atomic mass is 9.86. The van der Waals surface area contributed by atoms with Gasteiger partial charge in [0, 0.05) is 40.7 Å². The van der Waals surface area contributed by atoms with Crippen molar-refractivity contribution in [2.24, 2.45) is 0 Å². The van der Waals surface area contributed by atoms with Gasteiger partial charge in [0.15, 0.2) is 0 Å². The van der Waals surface area contributed by atoms with Crippen molar-refractivity contribution >= 4 is 45.0 Å². The van der Waals surface area contributed by atoms with E-state index >= 15 is 0 Å². The summed E-state index contributed by atoms with van der Waals surface area (Å²) in [6.07, 6.45) is 2.55. The van der Waals surface area contributed by atoms with E-state index in [0.717, 1.165) is 5.56 Å². The van der Waals surface area contributed by atoms with E-state index in [1.54, 1.807) is 18.2 Å². The number of halogens is 2. The molecule has 0 fully saturated rings. The number of carbonyl (C=O) groups is 3. The van der Waals surface area contributed by atoms with Crippen molar-refractivity contribution in [3.8, 4) is 0 Å². The number of carbonyl (C=O) groups excluding carboxylic acids is 3. The minimum atomic E-state index is -0.486. The summed E-state index contributed by atoms with van der Waals surface area (Å²) in [5.41, 5.74) is 3.21. The van der Waals surface area contributed by atoms with E-state index in [1.165, 1.54) is 18.3 Å². The maximum Gasteiger partial charge on any atom is 0.253 e. The summed E-state index contributed by atoms with van der Waals surface area (Å²) < 4.78 is 14.0. The molecule has 2 heterocycles. The Morgan fingerprint density at radius 2 is 1.86 bits per heavy atom. The number of amides is 3. The number of fused-ring (bicyclic) bond motifs is 1. The predicted octanol–water partition coefficient (Wildman–Crippen LogP) is 3.60. The van der Waals surface area contributed by atoms with E-state index in [0.29, 0.717) is 39.8 Å². The summed E-state index contributed by atoms with van der Waals surface area (Å²) in [4.78, 5) is 36.5. The third-order valence-electron chi connectivity index (χ3n) is 5.02. The van der Waals surface area contributed by atoms with Gasteiger partial charge in [0.1, 0.15) is 5.82 Å². The summed E-state index contributed by atoms with van der Waals surface area (Å²) in [6.45, 7) is 0. The molecule has 3 amide bonds. The van der Waals surface area contributed by atoms with E-state index in [-0.39, 0.29) is 30.0 Å². The third kappa shape index (κ3) is 4.07. The van der Waals surface area contributed by atoms with Crippen molar-refractivity contribution in [1.29, 1.82) is 0 Å². The number of aryl methyl sites for hydroxylation is 1. The van der Waals surface area contributed by atoms with Crippen molar-refractivity contribution in [1.82, 2.24) is 5.32 Å². The molecule has 6 nitrogen and oxygen atoms in total. The lowest BCUT2D eigenvalue weighted by Gasteiger charge is -2.24. The van der Waals surface area contributed by atoms with Gasteiger partial charge in [-0.3, -0.25) is 14.4 Å². The van der Waals surface area contributed by atoms with E-state index in [4.69, 9.17) is 0 Å². The lowest BCUT2D eigenvalue weighted by molar-refractivity contribution is -0.121. The third-order valence-corrected chi connectivity index (χ3v) is 5.68. The maximum atomic E-state index is 13.3. The average molecular weight is 458 g/mol. The highest BCUT2D eigenvalue weighted by Gasteiger charge is 2.29. The quantitative estimate of drug-likeness (QED) is 0.657. The van der Waals surface area contributed by atoms with Gasteiger partial charge in [0.25, 0.3) is 5.91 Å². The van der Waals surface area contributed by atoms with E-state index in [1.807, 2.05) is 6.07 Å². The molecule has 0 bridgehead atoms. The van der Waals surface area contributed by atoms with Crippen LogP contribution in [0.25, 0.3) is 0 Å². The van der Waals surface area contributed by atoms with Crippen LogP contribution in [0.15, 0.2) is 52.6 Å². The number of anilines is 2. The van der Waals surface area contributed by atoms with Crippen molar-refractivity contribution in [3.05, 3.63) is 69.6 Å². The highest BCUT2D eigenvalue weighted by Crippen LogP contribution is 2.35. The normalized spacial score (nSPS) is 18.3. The minimum absolute atomic E-state index is 0.0637. The second-order valence-electron chi connectivity index (χ2n) is 6.97. The number of rotatable bonds is 3. The topological polar surface area (TPSA) is 87.3 Å². The first kappa shape index (κ1) is 19.3. The standard InChI is InChI=1S/C21H17BrFN3O3/c22-16-7-12-3-6-19(27)25-17(12)9-18(16)26-21(29)15-10-24-20(28)8-14(15)11-1-4-13(23)5-2-11/h1-2,4-5,7,9-10,14H,3,6,8H2,(H,24,28)(H,25,27)(H,26,29)/t14-/m0/s1. The molecule has 0 saturated carbocycles. The van der Waals surface area contributed by atoms with Gasteiger partial charge in [-0.05, 0) is 57.7 Å². The Balaban J connectivity index is 1.61. The molecule has 2 aromatic carbocycles. The zero-order chi connectivity index (χ0) is 20.5. The van der Waals surface area contributed by atoms with Gasteiger partial charge < -0.3 is 16.0 Å². The van der Waals surface area contributed by atoms with Crippen LogP contribution in [0.5, 0.6) is 0 Å². The zero-order valence-corrected chi connectivity index (χ0v) is 16.8. The monoisotopic (exact) mass is 457 g/mol. The molecule has 4 rings (SSSR count). The lowest BCUT2D eigenvalue weighted by Crippen LogP contribution is -2.32. The van der Waals surface area contributed by atoms with Crippen LogP contribution in [0.3, 0.4) is 0 Å². The number of hydrogen-bond acceptors (Lipinski definition) is 3. The van der Waals surface area contributed by atoms with Crippen molar-refractivity contribution in [3.63, 3.8) is 0 Å². The molecule has 3 N–H and O–H groups in total. The molecule has 0 saturated heterocycles. The van der Waals surface area contributed by atoms with Gasteiger partial charge in [-0.2, -0.15) is 0 Å². The summed E-state index contributed by atoms with van der Waals surface area (Å²) in [7, 11) is 0. The van der Waals surface area contributed by atoms with Crippen molar-refractivity contribution in [2.45, 2.75) is 25.2 Å². The molecule has 8 heteroatoms. The molecule has 0 aromatic heterocycles. The largest absolute Gasteiger partial charge is 0.332 e. The molecule has 0 spiro atoms. The summed E-state index contributed by atoms with van der Waals surface area (Å²) in [5.74, 6) is -1.54. The maximum absolute atomic E-state index is 13.3. The molecule has 2 aliphatic rings. The van der Waals surface area contributed by atoms with Crippen LogP contribution in [0.4, 0.5) is 15.8 Å². The van der Waals surface area contributed by atoms with Gasteiger partial charge in [-0.25, -0.2) is 4.39 Å². The Labute approximate surface area is 174 Å². The van der Waals surface area contributed by atoms with Crippen LogP contribution in [-0.2, 0) is 20.8 Å². The minimum Gasteiger partial charge on any atom is -0.332 e. The van der Waals surface area contributed by atoms with Gasteiger partial charge in [0.05, 0.1) is 5.69 Å². The molecular weight excluding hydrogens is 441 g/mol. The molecule has 29 heavy (non-hydrogen) atoms. The van der Waals surface area contributed by atoms with Crippen LogP contribution in [-0.4, -0.2) is 17.7 Å². The molecule has 0 unspecified atom stereocenters. The molecular formula is C21H17BrFN3O3. The molecule has 0 radical (unpaired) electrons. The zero-order valence-electron chi connectivity index (χ0n) is 15.2. The molecule has 148 valence electrons. The Morgan fingerprint density at radius 3 is 2.62 bits per heavy atom. The number of benzene rings is 2. The number of hydrogen-bond donors (Lipinski definition) is 3. The molecule has 2 aromatic rings. The van der Waals surface area contributed by atoms with E-state index in [9.17, 15) is 18.8 Å².